The second-order valence-corrected chi connectivity index (χ2v) is 8.67. The number of hydrogen-bond acceptors (Lipinski definition) is 8. The van der Waals surface area contributed by atoms with Crippen molar-refractivity contribution in [1.82, 2.24) is 14.6 Å². The van der Waals surface area contributed by atoms with E-state index in [0.717, 1.165) is 49.1 Å². The summed E-state index contributed by atoms with van der Waals surface area (Å²) in [7, 11) is 6.58. The maximum absolute atomic E-state index is 5.70. The number of fused-ring (bicyclic) bond motifs is 2. The molecule has 9 heteroatoms. The first-order valence-corrected chi connectivity index (χ1v) is 11.4. The molecule has 3 aromatic heterocycles. The predicted octanol–water partition coefficient (Wildman–Crippen LogP) is 5.70. The Kier molecular flexibility index (Phi) is 5.62. The first kappa shape index (κ1) is 21.8. The maximum Gasteiger partial charge on any atom is 0.162 e. The highest BCUT2D eigenvalue weighted by Crippen LogP contribution is 2.43. The number of nitrogens with zero attached hydrogens (tertiary/aromatic N) is 3. The third-order valence-corrected chi connectivity index (χ3v) is 6.78. The van der Waals surface area contributed by atoms with Gasteiger partial charge in [-0.05, 0) is 43.3 Å². The smallest absolute Gasteiger partial charge is 0.162 e. The van der Waals surface area contributed by atoms with Crippen molar-refractivity contribution in [2.75, 3.05) is 33.8 Å². The fourth-order valence-electron chi connectivity index (χ4n) is 4.00. The van der Waals surface area contributed by atoms with E-state index < -0.39 is 0 Å². The molecule has 0 spiro atoms. The number of thiophene rings is 1. The van der Waals surface area contributed by atoms with Crippen molar-refractivity contribution in [1.29, 1.82) is 0 Å². The summed E-state index contributed by atoms with van der Waals surface area (Å²) in [5.74, 6) is 3.60. The third-order valence-electron chi connectivity index (χ3n) is 5.67. The van der Waals surface area contributed by atoms with Crippen molar-refractivity contribution in [3.05, 3.63) is 54.2 Å². The fraction of sp³-hybridized carbons (Fsp3) is 0.200. The predicted molar refractivity (Wildman–Crippen MR) is 134 cm³/mol. The minimum absolute atomic E-state index is 0.641. The standard InChI is InChI=1S/C25H24N4O4S/c1-14-19(31-3)12-21-16(25(14)33-5)11-22(34-21)17-13-26-24-9-8-23(28-29(17)24)27-15-6-7-18(30-2)20(10-15)32-4/h6-13H,1-5H3,(H,27,28). The Morgan fingerprint density at radius 2 is 1.65 bits per heavy atom. The molecule has 0 aliphatic rings. The van der Waals surface area contributed by atoms with Crippen LogP contribution in [0.15, 0.2) is 48.7 Å². The zero-order chi connectivity index (χ0) is 23.8. The van der Waals surface area contributed by atoms with Gasteiger partial charge in [-0.3, -0.25) is 0 Å². The van der Waals surface area contributed by atoms with E-state index >= 15 is 0 Å². The Balaban J connectivity index is 1.56. The van der Waals surface area contributed by atoms with E-state index in [-0.39, 0.29) is 0 Å². The van der Waals surface area contributed by atoms with E-state index in [4.69, 9.17) is 24.0 Å². The van der Waals surface area contributed by atoms with Crippen LogP contribution in [0.4, 0.5) is 11.5 Å². The van der Waals surface area contributed by atoms with Crippen molar-refractivity contribution < 1.29 is 18.9 Å². The van der Waals surface area contributed by atoms with Crippen molar-refractivity contribution in [2.24, 2.45) is 0 Å². The molecule has 0 aliphatic carbocycles. The SMILES string of the molecule is COc1ccc(Nc2ccc3ncc(-c4cc5c(OC)c(C)c(OC)cc5s4)n3n2)cc1OC. The molecule has 0 unspecified atom stereocenters. The number of ether oxygens (including phenoxy) is 4. The Hall–Kier alpha value is -3.98. The normalized spacial score (nSPS) is 11.1. The lowest BCUT2D eigenvalue weighted by atomic mass is 10.1. The van der Waals surface area contributed by atoms with E-state index in [0.29, 0.717) is 17.3 Å². The van der Waals surface area contributed by atoms with Crippen molar-refractivity contribution in [3.8, 4) is 33.6 Å². The number of benzene rings is 2. The average Bonchev–Trinajstić information content (AvgIpc) is 3.47. The Morgan fingerprint density at radius 1 is 0.853 bits per heavy atom. The Bertz CT molecular complexity index is 1510. The van der Waals surface area contributed by atoms with Gasteiger partial charge in [0.05, 0.1) is 39.5 Å². The minimum Gasteiger partial charge on any atom is -0.496 e. The summed E-state index contributed by atoms with van der Waals surface area (Å²) in [6.45, 7) is 2.00. The van der Waals surface area contributed by atoms with Crippen LogP contribution in [0, 0.1) is 6.92 Å². The quantitative estimate of drug-likeness (QED) is 0.323. The van der Waals surface area contributed by atoms with E-state index in [1.807, 2.05) is 54.0 Å². The lowest BCUT2D eigenvalue weighted by molar-refractivity contribution is 0.355. The summed E-state index contributed by atoms with van der Waals surface area (Å²) in [4.78, 5) is 5.58. The molecule has 0 radical (unpaired) electrons. The van der Waals surface area contributed by atoms with Crippen LogP contribution in [0.1, 0.15) is 5.56 Å². The van der Waals surface area contributed by atoms with Crippen LogP contribution in [-0.2, 0) is 0 Å². The maximum atomic E-state index is 5.70. The molecule has 5 rings (SSSR count). The highest BCUT2D eigenvalue weighted by atomic mass is 32.1. The summed E-state index contributed by atoms with van der Waals surface area (Å²) in [5.41, 5.74) is 3.46. The molecule has 5 aromatic rings. The van der Waals surface area contributed by atoms with Crippen LogP contribution >= 0.6 is 11.3 Å². The van der Waals surface area contributed by atoms with E-state index in [1.165, 1.54) is 0 Å². The molecule has 0 saturated carbocycles. The molecular weight excluding hydrogens is 452 g/mol. The third kappa shape index (κ3) is 3.63. The molecule has 0 bridgehead atoms. The van der Waals surface area contributed by atoms with E-state index in [9.17, 15) is 0 Å². The van der Waals surface area contributed by atoms with Gasteiger partial charge in [0.1, 0.15) is 17.2 Å². The molecular formula is C25H24N4O4S. The second-order valence-electron chi connectivity index (χ2n) is 7.59. The highest BCUT2D eigenvalue weighted by Gasteiger charge is 2.17. The Labute approximate surface area is 200 Å². The van der Waals surface area contributed by atoms with Gasteiger partial charge in [-0.1, -0.05) is 0 Å². The van der Waals surface area contributed by atoms with Gasteiger partial charge >= 0.3 is 0 Å². The highest BCUT2D eigenvalue weighted by molar-refractivity contribution is 7.22. The van der Waals surface area contributed by atoms with Gasteiger partial charge in [-0.15, -0.1) is 16.4 Å². The number of rotatable bonds is 7. The van der Waals surface area contributed by atoms with Gasteiger partial charge in [0, 0.05) is 27.4 Å². The number of methoxy groups -OCH3 is 4. The molecule has 34 heavy (non-hydrogen) atoms. The van der Waals surface area contributed by atoms with Crippen molar-refractivity contribution in [3.63, 3.8) is 0 Å². The summed E-state index contributed by atoms with van der Waals surface area (Å²) < 4.78 is 24.9. The second kappa shape index (κ2) is 8.75. The Morgan fingerprint density at radius 3 is 2.38 bits per heavy atom. The van der Waals surface area contributed by atoms with Crippen molar-refractivity contribution >= 4 is 38.6 Å². The van der Waals surface area contributed by atoms with Gasteiger partial charge in [-0.2, -0.15) is 0 Å². The van der Waals surface area contributed by atoms with E-state index in [2.05, 4.69) is 16.4 Å². The summed E-state index contributed by atoms with van der Waals surface area (Å²) in [6.07, 6.45) is 1.84. The summed E-state index contributed by atoms with van der Waals surface area (Å²) >= 11 is 1.64. The number of aromatic nitrogens is 3. The molecule has 0 aliphatic heterocycles. The van der Waals surface area contributed by atoms with Crippen LogP contribution in [0.2, 0.25) is 0 Å². The van der Waals surface area contributed by atoms with Crippen LogP contribution in [0.25, 0.3) is 26.3 Å². The molecule has 0 saturated heterocycles. The van der Waals surface area contributed by atoms with Gasteiger partial charge < -0.3 is 24.3 Å². The fourth-order valence-corrected chi connectivity index (χ4v) is 5.09. The number of nitrogens with one attached hydrogen (secondary N) is 1. The molecule has 0 fully saturated rings. The number of imidazole rings is 1. The minimum atomic E-state index is 0.641. The molecule has 1 N–H and O–H groups in total. The van der Waals surface area contributed by atoms with Gasteiger partial charge in [0.15, 0.2) is 23.0 Å². The van der Waals surface area contributed by atoms with Crippen LogP contribution in [0.5, 0.6) is 23.0 Å². The van der Waals surface area contributed by atoms with Crippen LogP contribution in [-0.4, -0.2) is 43.0 Å². The monoisotopic (exact) mass is 476 g/mol. The molecule has 174 valence electrons. The average molecular weight is 477 g/mol. The summed E-state index contributed by atoms with van der Waals surface area (Å²) in [6, 6.07) is 13.6. The van der Waals surface area contributed by atoms with Crippen molar-refractivity contribution in [2.45, 2.75) is 6.92 Å². The van der Waals surface area contributed by atoms with E-state index in [1.54, 1.807) is 39.8 Å². The van der Waals surface area contributed by atoms with Gasteiger partial charge in [0.25, 0.3) is 0 Å². The molecule has 0 amide bonds. The molecule has 0 atom stereocenters. The molecule has 3 heterocycles. The largest absolute Gasteiger partial charge is 0.496 e. The lowest BCUT2D eigenvalue weighted by Gasteiger charge is -2.11. The molecule has 2 aromatic carbocycles. The first-order chi connectivity index (χ1) is 16.6. The lowest BCUT2D eigenvalue weighted by Crippen LogP contribution is -2.00. The number of hydrogen-bond donors (Lipinski definition) is 1. The zero-order valence-electron chi connectivity index (χ0n) is 19.5. The topological polar surface area (TPSA) is 79.1 Å². The van der Waals surface area contributed by atoms with Crippen LogP contribution in [0.3, 0.4) is 0 Å². The zero-order valence-corrected chi connectivity index (χ0v) is 20.3. The summed E-state index contributed by atoms with van der Waals surface area (Å²) in [5, 5.41) is 9.16. The number of anilines is 2. The van der Waals surface area contributed by atoms with Gasteiger partial charge in [-0.25, -0.2) is 9.50 Å². The van der Waals surface area contributed by atoms with Gasteiger partial charge in [0.2, 0.25) is 0 Å². The molecule has 8 nitrogen and oxygen atoms in total. The first-order valence-electron chi connectivity index (χ1n) is 10.6. The van der Waals surface area contributed by atoms with Crippen LogP contribution < -0.4 is 24.3 Å².